The molecule has 108 valence electrons. The van der Waals surface area contributed by atoms with Crippen LogP contribution in [-0.2, 0) is 13.6 Å². The molecule has 0 spiro atoms. The molecule has 0 aliphatic heterocycles. The number of carbonyl (C=O) groups is 1. The summed E-state index contributed by atoms with van der Waals surface area (Å²) >= 11 is 0. The van der Waals surface area contributed by atoms with Crippen molar-refractivity contribution >= 4 is 5.91 Å². The lowest BCUT2D eigenvalue weighted by Crippen LogP contribution is -2.23. The van der Waals surface area contributed by atoms with E-state index < -0.39 is 5.82 Å². The van der Waals surface area contributed by atoms with Crippen LogP contribution in [0, 0.1) is 17.7 Å². The summed E-state index contributed by atoms with van der Waals surface area (Å²) in [7, 11) is 1.76. The third-order valence-electron chi connectivity index (χ3n) is 2.73. The van der Waals surface area contributed by atoms with Crippen molar-refractivity contribution < 1.29 is 14.3 Å². The number of nitrogens with one attached hydrogen (secondary N) is 1. The minimum Gasteiger partial charge on any atom is -0.384 e. The molecule has 5 nitrogen and oxygen atoms in total. The molecule has 1 aromatic carbocycles. The van der Waals surface area contributed by atoms with Crippen molar-refractivity contribution in [3.63, 3.8) is 0 Å². The van der Waals surface area contributed by atoms with Gasteiger partial charge in [0.05, 0.1) is 6.33 Å². The van der Waals surface area contributed by atoms with Crippen molar-refractivity contribution in [3.8, 4) is 11.8 Å². The Hall–Kier alpha value is -2.65. The summed E-state index contributed by atoms with van der Waals surface area (Å²) < 4.78 is 15.3. The number of halogens is 1. The third kappa shape index (κ3) is 3.91. The minimum atomic E-state index is -0.425. The average Bonchev–Trinajstić information content (AvgIpc) is 2.91. The molecule has 1 heterocycles. The van der Waals surface area contributed by atoms with Crippen LogP contribution in [0.3, 0.4) is 0 Å². The van der Waals surface area contributed by atoms with Crippen LogP contribution in [0.2, 0.25) is 0 Å². The highest BCUT2D eigenvalue weighted by Crippen LogP contribution is 2.10. The number of carbonyl (C=O) groups excluding carboxylic acids is 1. The maximum Gasteiger partial charge on any atom is 0.271 e. The Bertz CT molecular complexity index is 713. The molecule has 0 saturated heterocycles. The molecule has 2 aromatic rings. The normalized spacial score (nSPS) is 9.86. The molecule has 0 bridgehead atoms. The lowest BCUT2D eigenvalue weighted by molar-refractivity contribution is 0.0946. The van der Waals surface area contributed by atoms with Crippen LogP contribution in [0.5, 0.6) is 0 Å². The van der Waals surface area contributed by atoms with Gasteiger partial charge in [-0.15, -0.1) is 0 Å². The van der Waals surface area contributed by atoms with Crippen molar-refractivity contribution in [3.05, 3.63) is 53.4 Å². The molecule has 0 aliphatic rings. The Kier molecular flexibility index (Phi) is 4.69. The van der Waals surface area contributed by atoms with E-state index in [9.17, 15) is 9.18 Å². The van der Waals surface area contributed by atoms with Gasteiger partial charge in [-0.1, -0.05) is 11.8 Å². The molecule has 0 atom stereocenters. The van der Waals surface area contributed by atoms with E-state index in [0.29, 0.717) is 11.1 Å². The number of aromatic nitrogens is 2. The zero-order valence-corrected chi connectivity index (χ0v) is 11.4. The molecule has 0 unspecified atom stereocenters. The van der Waals surface area contributed by atoms with Crippen molar-refractivity contribution in [2.24, 2.45) is 7.05 Å². The Labute approximate surface area is 121 Å². The Morgan fingerprint density at radius 2 is 2.33 bits per heavy atom. The highest BCUT2D eigenvalue weighted by molar-refractivity contribution is 5.91. The van der Waals surface area contributed by atoms with Gasteiger partial charge in [-0.25, -0.2) is 9.37 Å². The Balaban J connectivity index is 2.07. The van der Waals surface area contributed by atoms with E-state index in [1.54, 1.807) is 17.8 Å². The number of aliphatic hydroxyl groups is 1. The summed E-state index contributed by atoms with van der Waals surface area (Å²) in [6.45, 7) is -0.223. The zero-order chi connectivity index (χ0) is 15.2. The molecule has 1 amide bonds. The molecule has 1 aromatic heterocycles. The molecule has 0 aliphatic carbocycles. The number of imidazole rings is 1. The van der Waals surface area contributed by atoms with Gasteiger partial charge in [0.2, 0.25) is 0 Å². The fourth-order valence-electron chi connectivity index (χ4n) is 1.73. The standard InChI is InChI=1S/C15H14FN3O2/c1-19-9-14(18-10-19)15(21)17-8-12-7-11(3-2-6-20)4-5-13(12)16/h4-5,7,9-10,20H,6,8H2,1H3,(H,17,21). The Morgan fingerprint density at radius 1 is 1.52 bits per heavy atom. The summed E-state index contributed by atoms with van der Waals surface area (Å²) in [4.78, 5) is 15.7. The second-order valence-corrected chi connectivity index (χ2v) is 4.37. The lowest BCUT2D eigenvalue weighted by atomic mass is 10.1. The van der Waals surface area contributed by atoms with Crippen LogP contribution in [0.25, 0.3) is 0 Å². The van der Waals surface area contributed by atoms with E-state index in [4.69, 9.17) is 5.11 Å². The molecule has 0 saturated carbocycles. The molecule has 2 rings (SSSR count). The van der Waals surface area contributed by atoms with E-state index in [1.165, 1.54) is 24.5 Å². The number of aliphatic hydroxyl groups excluding tert-OH is 1. The maximum absolute atomic E-state index is 13.7. The first-order valence-corrected chi connectivity index (χ1v) is 6.24. The molecular formula is C15H14FN3O2. The molecule has 0 fully saturated rings. The van der Waals surface area contributed by atoms with E-state index in [1.807, 2.05) is 0 Å². The van der Waals surface area contributed by atoms with Crippen LogP contribution in [-0.4, -0.2) is 27.2 Å². The van der Waals surface area contributed by atoms with E-state index in [0.717, 1.165) is 0 Å². The predicted octanol–water partition coefficient (Wildman–Crippen LogP) is 0.833. The lowest BCUT2D eigenvalue weighted by Gasteiger charge is -2.05. The number of nitrogens with zero attached hydrogens (tertiary/aromatic N) is 2. The summed E-state index contributed by atoms with van der Waals surface area (Å²) in [5.41, 5.74) is 1.17. The van der Waals surface area contributed by atoms with Crippen LogP contribution < -0.4 is 5.32 Å². The van der Waals surface area contributed by atoms with E-state index >= 15 is 0 Å². The third-order valence-corrected chi connectivity index (χ3v) is 2.73. The van der Waals surface area contributed by atoms with Gasteiger partial charge in [-0.2, -0.15) is 0 Å². The predicted molar refractivity (Wildman–Crippen MR) is 74.7 cm³/mol. The molecule has 21 heavy (non-hydrogen) atoms. The van der Waals surface area contributed by atoms with Gasteiger partial charge in [0.25, 0.3) is 5.91 Å². The van der Waals surface area contributed by atoms with Crippen molar-refractivity contribution in [2.75, 3.05) is 6.61 Å². The van der Waals surface area contributed by atoms with Crippen molar-refractivity contribution in [2.45, 2.75) is 6.54 Å². The van der Waals surface area contributed by atoms with Gasteiger partial charge in [-0.3, -0.25) is 4.79 Å². The number of benzene rings is 1. The maximum atomic E-state index is 13.7. The number of amides is 1. The minimum absolute atomic E-state index is 0.0376. The fourth-order valence-corrected chi connectivity index (χ4v) is 1.73. The van der Waals surface area contributed by atoms with Crippen LogP contribution in [0.15, 0.2) is 30.7 Å². The highest BCUT2D eigenvalue weighted by atomic mass is 19.1. The van der Waals surface area contributed by atoms with Crippen LogP contribution >= 0.6 is 0 Å². The molecule has 2 N–H and O–H groups in total. The second-order valence-electron chi connectivity index (χ2n) is 4.37. The second kappa shape index (κ2) is 6.68. The summed E-state index contributed by atoms with van der Waals surface area (Å²) in [5, 5.41) is 11.2. The summed E-state index contributed by atoms with van der Waals surface area (Å²) in [5.74, 6) is 4.38. The smallest absolute Gasteiger partial charge is 0.271 e. The summed E-state index contributed by atoms with van der Waals surface area (Å²) in [6.07, 6.45) is 3.09. The Morgan fingerprint density at radius 3 is 3.00 bits per heavy atom. The summed E-state index contributed by atoms with van der Waals surface area (Å²) in [6, 6.07) is 4.34. The first-order valence-electron chi connectivity index (χ1n) is 6.24. The quantitative estimate of drug-likeness (QED) is 0.822. The number of aryl methyl sites for hydroxylation is 1. The monoisotopic (exact) mass is 287 g/mol. The largest absolute Gasteiger partial charge is 0.384 e. The number of rotatable bonds is 3. The first-order chi connectivity index (χ1) is 10.1. The highest BCUT2D eigenvalue weighted by Gasteiger charge is 2.10. The van der Waals surface area contributed by atoms with Crippen LogP contribution in [0.1, 0.15) is 21.6 Å². The molecular weight excluding hydrogens is 273 g/mol. The van der Waals surface area contributed by atoms with Gasteiger partial charge in [0.15, 0.2) is 0 Å². The van der Waals surface area contributed by atoms with Gasteiger partial charge in [0, 0.05) is 30.9 Å². The van der Waals surface area contributed by atoms with Gasteiger partial charge in [0.1, 0.15) is 18.1 Å². The van der Waals surface area contributed by atoms with Crippen molar-refractivity contribution in [1.29, 1.82) is 0 Å². The van der Waals surface area contributed by atoms with Gasteiger partial charge < -0.3 is 15.0 Å². The first kappa shape index (κ1) is 14.8. The number of hydrogen-bond donors (Lipinski definition) is 2. The molecule has 6 heteroatoms. The average molecular weight is 287 g/mol. The van der Waals surface area contributed by atoms with E-state index in [2.05, 4.69) is 22.1 Å². The van der Waals surface area contributed by atoms with Crippen LogP contribution in [0.4, 0.5) is 4.39 Å². The van der Waals surface area contributed by atoms with E-state index in [-0.39, 0.29) is 24.8 Å². The number of hydrogen-bond acceptors (Lipinski definition) is 3. The van der Waals surface area contributed by atoms with Gasteiger partial charge >= 0.3 is 0 Å². The van der Waals surface area contributed by atoms with Crippen molar-refractivity contribution in [1.82, 2.24) is 14.9 Å². The van der Waals surface area contributed by atoms with Gasteiger partial charge in [-0.05, 0) is 18.2 Å². The topological polar surface area (TPSA) is 67.2 Å². The fraction of sp³-hybridized carbons (Fsp3) is 0.200. The SMILES string of the molecule is Cn1cnc(C(=O)NCc2cc(C#CCO)ccc2F)c1. The zero-order valence-electron chi connectivity index (χ0n) is 11.4. The molecule has 0 radical (unpaired) electrons.